The van der Waals surface area contributed by atoms with E-state index in [1.165, 1.54) is 0 Å². The topological polar surface area (TPSA) is 74.7 Å². The molecule has 5 nitrogen and oxygen atoms in total. The minimum atomic E-state index is -0.825. The highest BCUT2D eigenvalue weighted by molar-refractivity contribution is 6.10. The minimum Gasteiger partial charge on any atom is -0.481 e. The first kappa shape index (κ1) is 18.0. The van der Waals surface area contributed by atoms with Gasteiger partial charge in [-0.05, 0) is 43.2 Å². The van der Waals surface area contributed by atoms with Crippen LogP contribution in [0.4, 0.5) is 0 Å². The standard InChI is InChI=1S/C22H25NO4/c1-2-22(21(26)27)13-15-8-11-19(22)23(15)20(25)12-17-16(9-10-18(17)24)14-6-4-3-5-7-14/h3-7,15,19H,2,8-13H2,1H3,(H,26,27)/t15-,19+,22+/m0/s1. The number of aliphatic carboxylic acids is 1. The van der Waals surface area contributed by atoms with Gasteiger partial charge >= 0.3 is 5.97 Å². The number of nitrogens with zero attached hydrogens (tertiary/aromatic N) is 1. The molecule has 2 aliphatic heterocycles. The quantitative estimate of drug-likeness (QED) is 0.865. The van der Waals surface area contributed by atoms with Crippen LogP contribution in [0.3, 0.4) is 0 Å². The molecule has 0 saturated carbocycles. The SMILES string of the molecule is CC[C@@]1(C(=O)O)C[C@@H]2CC[C@H]1N2C(=O)CC1=C(c2ccccc2)CCC1=O. The van der Waals surface area contributed by atoms with Crippen LogP contribution in [0, 0.1) is 5.41 Å². The molecule has 2 saturated heterocycles. The number of rotatable bonds is 5. The Labute approximate surface area is 159 Å². The summed E-state index contributed by atoms with van der Waals surface area (Å²) in [4.78, 5) is 39.4. The third-order valence-corrected chi connectivity index (χ3v) is 6.84. The minimum absolute atomic E-state index is 0.00386. The number of fused-ring (bicyclic) bond motifs is 2. The van der Waals surface area contributed by atoms with E-state index in [4.69, 9.17) is 0 Å². The lowest BCUT2D eigenvalue weighted by Crippen LogP contribution is -2.44. The number of hydrogen-bond donors (Lipinski definition) is 1. The lowest BCUT2D eigenvalue weighted by molar-refractivity contribution is -0.151. The number of Topliss-reactive ketones (excluding diaryl/α,β-unsaturated/α-hetero) is 1. The molecule has 0 radical (unpaired) electrons. The summed E-state index contributed by atoms with van der Waals surface area (Å²) >= 11 is 0. The zero-order valence-corrected chi connectivity index (χ0v) is 15.6. The highest BCUT2D eigenvalue weighted by Crippen LogP contribution is 2.52. The van der Waals surface area contributed by atoms with E-state index in [1.807, 2.05) is 37.3 Å². The average molecular weight is 367 g/mol. The lowest BCUT2D eigenvalue weighted by atomic mass is 9.72. The number of carboxylic acids is 1. The second kappa shape index (κ2) is 6.63. The Morgan fingerprint density at radius 3 is 2.56 bits per heavy atom. The van der Waals surface area contributed by atoms with Crippen molar-refractivity contribution in [1.82, 2.24) is 4.90 Å². The van der Waals surface area contributed by atoms with Crippen molar-refractivity contribution >= 4 is 23.2 Å². The van der Waals surface area contributed by atoms with Crippen LogP contribution in [0.5, 0.6) is 0 Å². The number of allylic oxidation sites excluding steroid dienone is 1. The van der Waals surface area contributed by atoms with Crippen LogP contribution in [-0.4, -0.2) is 39.7 Å². The van der Waals surface area contributed by atoms with Gasteiger partial charge in [-0.15, -0.1) is 0 Å². The Balaban J connectivity index is 1.61. The Bertz CT molecular complexity index is 828. The van der Waals surface area contributed by atoms with Gasteiger partial charge in [0.05, 0.1) is 11.8 Å². The Hall–Kier alpha value is -2.43. The molecule has 142 valence electrons. The largest absolute Gasteiger partial charge is 0.481 e. The number of ketones is 1. The van der Waals surface area contributed by atoms with Gasteiger partial charge in [-0.25, -0.2) is 0 Å². The predicted octanol–water partition coefficient (Wildman–Crippen LogP) is 3.44. The summed E-state index contributed by atoms with van der Waals surface area (Å²) in [6.07, 6.45) is 3.90. The van der Waals surface area contributed by atoms with Crippen LogP contribution >= 0.6 is 0 Å². The van der Waals surface area contributed by atoms with E-state index in [1.54, 1.807) is 4.90 Å². The van der Waals surface area contributed by atoms with Gasteiger partial charge in [-0.2, -0.15) is 0 Å². The van der Waals surface area contributed by atoms with Crippen molar-refractivity contribution in [2.45, 2.75) is 64.0 Å². The number of hydrogen-bond acceptors (Lipinski definition) is 3. The second-order valence-electron chi connectivity index (χ2n) is 7.99. The lowest BCUT2D eigenvalue weighted by Gasteiger charge is -2.32. The number of carbonyl (C=O) groups excluding carboxylic acids is 2. The molecule has 5 heteroatoms. The van der Waals surface area contributed by atoms with Gasteiger partial charge in [-0.3, -0.25) is 14.4 Å². The number of amides is 1. The molecule has 2 fully saturated rings. The van der Waals surface area contributed by atoms with Crippen LogP contribution in [-0.2, 0) is 14.4 Å². The molecule has 1 N–H and O–H groups in total. The molecule has 0 spiro atoms. The van der Waals surface area contributed by atoms with Crippen molar-refractivity contribution in [1.29, 1.82) is 0 Å². The van der Waals surface area contributed by atoms with Gasteiger partial charge in [0.25, 0.3) is 0 Å². The van der Waals surface area contributed by atoms with Gasteiger partial charge in [0, 0.05) is 24.1 Å². The van der Waals surface area contributed by atoms with Crippen molar-refractivity contribution in [2.75, 3.05) is 0 Å². The monoisotopic (exact) mass is 367 g/mol. The fourth-order valence-electron chi connectivity index (χ4n) is 5.44. The van der Waals surface area contributed by atoms with Crippen LogP contribution < -0.4 is 0 Å². The van der Waals surface area contributed by atoms with Crippen molar-refractivity contribution < 1.29 is 19.5 Å². The molecule has 3 aliphatic rings. The van der Waals surface area contributed by atoms with Crippen molar-refractivity contribution in [3.63, 3.8) is 0 Å². The highest BCUT2D eigenvalue weighted by atomic mass is 16.4. The average Bonchev–Trinajstić information content (AvgIpc) is 3.34. The van der Waals surface area contributed by atoms with E-state index >= 15 is 0 Å². The number of benzene rings is 1. The fraction of sp³-hybridized carbons (Fsp3) is 0.500. The maximum Gasteiger partial charge on any atom is 0.311 e. The van der Waals surface area contributed by atoms with Crippen molar-refractivity contribution in [3.8, 4) is 0 Å². The van der Waals surface area contributed by atoms with Gasteiger partial charge < -0.3 is 10.0 Å². The zero-order valence-electron chi connectivity index (χ0n) is 15.6. The summed E-state index contributed by atoms with van der Waals surface area (Å²) < 4.78 is 0. The Morgan fingerprint density at radius 2 is 1.93 bits per heavy atom. The van der Waals surface area contributed by atoms with Crippen LogP contribution in [0.15, 0.2) is 35.9 Å². The first-order valence-electron chi connectivity index (χ1n) is 9.83. The summed E-state index contributed by atoms with van der Waals surface area (Å²) in [5, 5.41) is 9.80. The normalized spacial score (nSPS) is 29.7. The summed E-state index contributed by atoms with van der Waals surface area (Å²) in [5.41, 5.74) is 1.77. The molecule has 1 aliphatic carbocycles. The van der Waals surface area contributed by atoms with Gasteiger partial charge in [0.2, 0.25) is 5.91 Å². The van der Waals surface area contributed by atoms with Crippen LogP contribution in [0.2, 0.25) is 0 Å². The number of carbonyl (C=O) groups is 3. The summed E-state index contributed by atoms with van der Waals surface area (Å²) in [6, 6.07) is 9.52. The smallest absolute Gasteiger partial charge is 0.311 e. The molecule has 1 aromatic rings. The van der Waals surface area contributed by atoms with Crippen molar-refractivity contribution in [3.05, 3.63) is 41.5 Å². The molecular formula is C22H25NO4. The Morgan fingerprint density at radius 1 is 1.19 bits per heavy atom. The van der Waals surface area contributed by atoms with Gasteiger partial charge in [0.1, 0.15) is 0 Å². The predicted molar refractivity (Wildman–Crippen MR) is 101 cm³/mol. The molecule has 27 heavy (non-hydrogen) atoms. The molecule has 0 aromatic heterocycles. The first-order valence-corrected chi connectivity index (χ1v) is 9.83. The molecule has 0 unspecified atom stereocenters. The van der Waals surface area contributed by atoms with E-state index in [2.05, 4.69) is 0 Å². The molecule has 2 heterocycles. The molecule has 1 amide bonds. The van der Waals surface area contributed by atoms with Crippen molar-refractivity contribution in [2.24, 2.45) is 5.41 Å². The molecular weight excluding hydrogens is 342 g/mol. The van der Waals surface area contributed by atoms with E-state index < -0.39 is 11.4 Å². The Kier molecular flexibility index (Phi) is 4.41. The maximum absolute atomic E-state index is 13.2. The summed E-state index contributed by atoms with van der Waals surface area (Å²) in [6.45, 7) is 1.90. The second-order valence-corrected chi connectivity index (χ2v) is 7.99. The molecule has 1 aromatic carbocycles. The fourth-order valence-corrected chi connectivity index (χ4v) is 5.44. The van der Waals surface area contributed by atoms with E-state index in [0.29, 0.717) is 31.3 Å². The summed E-state index contributed by atoms with van der Waals surface area (Å²) in [7, 11) is 0. The van der Waals surface area contributed by atoms with Gasteiger partial charge in [-0.1, -0.05) is 37.3 Å². The van der Waals surface area contributed by atoms with Gasteiger partial charge in [0.15, 0.2) is 5.78 Å². The van der Waals surface area contributed by atoms with E-state index in [9.17, 15) is 19.5 Å². The molecule has 3 atom stereocenters. The van der Waals surface area contributed by atoms with Crippen LogP contribution in [0.25, 0.3) is 5.57 Å². The maximum atomic E-state index is 13.2. The molecule has 4 rings (SSSR count). The van der Waals surface area contributed by atoms with Crippen LogP contribution in [0.1, 0.15) is 57.4 Å². The van der Waals surface area contributed by atoms with E-state index in [0.717, 1.165) is 24.0 Å². The molecule has 2 bridgehead atoms. The summed E-state index contributed by atoms with van der Waals surface area (Å²) in [5.74, 6) is -0.831. The highest BCUT2D eigenvalue weighted by Gasteiger charge is 2.60. The first-order chi connectivity index (χ1) is 13.0. The van der Waals surface area contributed by atoms with E-state index in [-0.39, 0.29) is 30.2 Å². The third-order valence-electron chi connectivity index (χ3n) is 6.84. The number of carboxylic acid groups (broad SMARTS) is 1. The third kappa shape index (κ3) is 2.71. The zero-order chi connectivity index (χ0) is 19.2.